The summed E-state index contributed by atoms with van der Waals surface area (Å²) in [6, 6.07) is 15.3. The van der Waals surface area contributed by atoms with Gasteiger partial charge in [0.25, 0.3) is 0 Å². The van der Waals surface area contributed by atoms with Crippen molar-refractivity contribution >= 4 is 33.4 Å². The van der Waals surface area contributed by atoms with Crippen molar-refractivity contribution in [1.29, 1.82) is 0 Å². The SMILES string of the molecule is C[C@@H]1CN(Cc2ccc(F)cc2)[C@@H](C)CN1C(=O)/C=C/c1csc2ccccc12. The Labute approximate surface area is 175 Å². The first kappa shape index (κ1) is 19.8. The van der Waals surface area contributed by atoms with Gasteiger partial charge in [0.1, 0.15) is 5.82 Å². The predicted octanol–water partition coefficient (Wildman–Crippen LogP) is 5.18. The first-order chi connectivity index (χ1) is 14.0. The zero-order valence-electron chi connectivity index (χ0n) is 16.7. The maximum Gasteiger partial charge on any atom is 0.246 e. The lowest BCUT2D eigenvalue weighted by atomic mass is 10.1. The van der Waals surface area contributed by atoms with E-state index in [2.05, 4.69) is 36.3 Å². The maximum absolute atomic E-state index is 13.1. The molecule has 0 N–H and O–H groups in total. The topological polar surface area (TPSA) is 23.6 Å². The van der Waals surface area contributed by atoms with E-state index >= 15 is 0 Å². The van der Waals surface area contributed by atoms with E-state index in [-0.39, 0.29) is 23.8 Å². The molecule has 0 saturated carbocycles. The lowest BCUT2D eigenvalue weighted by molar-refractivity contribution is -0.131. The van der Waals surface area contributed by atoms with Crippen LogP contribution in [0.3, 0.4) is 0 Å². The van der Waals surface area contributed by atoms with E-state index in [0.717, 1.165) is 24.2 Å². The normalized spacial score (nSPS) is 20.6. The lowest BCUT2D eigenvalue weighted by Gasteiger charge is -2.43. The highest BCUT2D eigenvalue weighted by atomic mass is 32.1. The van der Waals surface area contributed by atoms with Crippen LogP contribution < -0.4 is 0 Å². The Morgan fingerprint density at radius 2 is 1.86 bits per heavy atom. The van der Waals surface area contributed by atoms with Crippen LogP contribution in [0.1, 0.15) is 25.0 Å². The molecule has 3 aromatic rings. The molecule has 1 aromatic heterocycles. The van der Waals surface area contributed by atoms with Gasteiger partial charge in [0.05, 0.1) is 0 Å². The quantitative estimate of drug-likeness (QED) is 0.556. The third-order valence-corrected chi connectivity index (χ3v) is 6.60. The zero-order chi connectivity index (χ0) is 20.4. The van der Waals surface area contributed by atoms with Crippen molar-refractivity contribution in [3.05, 3.63) is 76.9 Å². The first-order valence-electron chi connectivity index (χ1n) is 9.94. The third-order valence-electron chi connectivity index (χ3n) is 5.61. The number of halogens is 1. The summed E-state index contributed by atoms with van der Waals surface area (Å²) in [5.74, 6) is -0.156. The highest BCUT2D eigenvalue weighted by Crippen LogP contribution is 2.27. The van der Waals surface area contributed by atoms with Gasteiger partial charge < -0.3 is 4.90 Å². The third kappa shape index (κ3) is 4.41. The van der Waals surface area contributed by atoms with Crippen molar-refractivity contribution in [1.82, 2.24) is 9.80 Å². The molecule has 0 spiro atoms. The average Bonchev–Trinajstić information content (AvgIpc) is 3.13. The number of hydrogen-bond donors (Lipinski definition) is 0. The van der Waals surface area contributed by atoms with Crippen molar-refractivity contribution in [3.63, 3.8) is 0 Å². The molecule has 1 aliphatic heterocycles. The fraction of sp³-hybridized carbons (Fsp3) is 0.292. The first-order valence-corrected chi connectivity index (χ1v) is 10.8. The summed E-state index contributed by atoms with van der Waals surface area (Å²) in [6.45, 7) is 6.50. The summed E-state index contributed by atoms with van der Waals surface area (Å²) in [5, 5.41) is 3.29. The molecule has 1 fully saturated rings. The number of carbonyl (C=O) groups excluding carboxylic acids is 1. The van der Waals surface area contributed by atoms with Crippen LogP contribution in [-0.4, -0.2) is 40.9 Å². The van der Waals surface area contributed by atoms with E-state index in [1.165, 1.54) is 22.2 Å². The van der Waals surface area contributed by atoms with Gasteiger partial charge in [0.15, 0.2) is 0 Å². The molecule has 1 aliphatic rings. The van der Waals surface area contributed by atoms with Crippen LogP contribution in [-0.2, 0) is 11.3 Å². The molecule has 3 nitrogen and oxygen atoms in total. The van der Waals surface area contributed by atoms with E-state index in [4.69, 9.17) is 0 Å². The number of hydrogen-bond acceptors (Lipinski definition) is 3. The summed E-state index contributed by atoms with van der Waals surface area (Å²) in [5.41, 5.74) is 2.18. The zero-order valence-corrected chi connectivity index (χ0v) is 17.5. The number of fused-ring (bicyclic) bond motifs is 1. The van der Waals surface area contributed by atoms with Crippen LogP contribution in [0.25, 0.3) is 16.2 Å². The van der Waals surface area contributed by atoms with Crippen LogP contribution in [0.5, 0.6) is 0 Å². The fourth-order valence-electron chi connectivity index (χ4n) is 3.93. The molecule has 4 rings (SSSR count). The monoisotopic (exact) mass is 408 g/mol. The van der Waals surface area contributed by atoms with Crippen molar-refractivity contribution in [2.24, 2.45) is 0 Å². The van der Waals surface area contributed by atoms with Crippen molar-refractivity contribution in [2.45, 2.75) is 32.5 Å². The number of amides is 1. The minimum Gasteiger partial charge on any atom is -0.334 e. The second kappa shape index (κ2) is 8.47. The van der Waals surface area contributed by atoms with Gasteiger partial charge in [-0.1, -0.05) is 30.3 Å². The number of carbonyl (C=O) groups is 1. The average molecular weight is 409 g/mol. The van der Waals surface area contributed by atoms with Gasteiger partial charge in [0, 0.05) is 42.5 Å². The summed E-state index contributed by atoms with van der Waals surface area (Å²) < 4.78 is 14.4. The Bertz CT molecular complexity index is 1030. The Balaban J connectivity index is 1.41. The Morgan fingerprint density at radius 3 is 2.66 bits per heavy atom. The molecule has 1 saturated heterocycles. The Kier molecular flexibility index (Phi) is 5.79. The number of nitrogens with zero attached hydrogens (tertiary/aromatic N) is 2. The molecule has 2 atom stereocenters. The van der Waals surface area contributed by atoms with E-state index in [0.29, 0.717) is 6.54 Å². The van der Waals surface area contributed by atoms with Crippen LogP contribution in [0.15, 0.2) is 60.0 Å². The largest absolute Gasteiger partial charge is 0.334 e. The Hall–Kier alpha value is -2.50. The molecule has 5 heteroatoms. The van der Waals surface area contributed by atoms with Crippen molar-refractivity contribution in [3.8, 4) is 0 Å². The maximum atomic E-state index is 13.1. The highest BCUT2D eigenvalue weighted by molar-refractivity contribution is 7.17. The van der Waals surface area contributed by atoms with Crippen LogP contribution in [0.4, 0.5) is 4.39 Å². The van der Waals surface area contributed by atoms with Gasteiger partial charge in [-0.15, -0.1) is 11.3 Å². The van der Waals surface area contributed by atoms with Gasteiger partial charge in [-0.3, -0.25) is 9.69 Å². The second-order valence-electron chi connectivity index (χ2n) is 7.77. The van der Waals surface area contributed by atoms with Crippen LogP contribution >= 0.6 is 11.3 Å². The summed E-state index contributed by atoms with van der Waals surface area (Å²) in [7, 11) is 0. The highest BCUT2D eigenvalue weighted by Gasteiger charge is 2.31. The minimum absolute atomic E-state index is 0.0565. The predicted molar refractivity (Wildman–Crippen MR) is 118 cm³/mol. The second-order valence-corrected chi connectivity index (χ2v) is 8.68. The fourth-order valence-corrected chi connectivity index (χ4v) is 4.86. The molecule has 1 amide bonds. The van der Waals surface area contributed by atoms with Crippen LogP contribution in [0.2, 0.25) is 0 Å². The standard InChI is InChI=1S/C24H25FN2OS/c1-17-14-27(18(2)13-26(17)15-19-7-10-21(25)11-8-19)24(28)12-9-20-16-29-23-6-4-3-5-22(20)23/h3-12,16-18H,13-15H2,1-2H3/b12-9+/t17-,18+/m0/s1. The molecule has 2 aromatic carbocycles. The molecule has 150 valence electrons. The molecule has 2 heterocycles. The number of benzene rings is 2. The van der Waals surface area contributed by atoms with Crippen molar-refractivity contribution in [2.75, 3.05) is 13.1 Å². The number of rotatable bonds is 4. The van der Waals surface area contributed by atoms with Crippen molar-refractivity contribution < 1.29 is 9.18 Å². The molecular weight excluding hydrogens is 383 g/mol. The van der Waals surface area contributed by atoms with Gasteiger partial charge >= 0.3 is 0 Å². The van der Waals surface area contributed by atoms with E-state index < -0.39 is 0 Å². The smallest absolute Gasteiger partial charge is 0.246 e. The lowest BCUT2D eigenvalue weighted by Crippen LogP contribution is -2.57. The van der Waals surface area contributed by atoms with E-state index in [1.807, 2.05) is 35.2 Å². The summed E-state index contributed by atoms with van der Waals surface area (Å²) >= 11 is 1.70. The van der Waals surface area contributed by atoms with E-state index in [9.17, 15) is 9.18 Å². The molecule has 0 unspecified atom stereocenters. The molecule has 0 bridgehead atoms. The van der Waals surface area contributed by atoms with Gasteiger partial charge in [-0.2, -0.15) is 0 Å². The number of piperazine rings is 1. The summed E-state index contributed by atoms with van der Waals surface area (Å²) in [4.78, 5) is 17.2. The molecule has 29 heavy (non-hydrogen) atoms. The number of thiophene rings is 1. The molecule has 0 aliphatic carbocycles. The van der Waals surface area contributed by atoms with Gasteiger partial charge in [-0.05, 0) is 60.0 Å². The summed E-state index contributed by atoms with van der Waals surface area (Å²) in [6.07, 6.45) is 3.64. The van der Waals surface area contributed by atoms with Gasteiger partial charge in [-0.25, -0.2) is 4.39 Å². The molecule has 0 radical (unpaired) electrons. The Morgan fingerprint density at radius 1 is 1.10 bits per heavy atom. The molecular formula is C24H25FN2OS. The van der Waals surface area contributed by atoms with Crippen LogP contribution in [0, 0.1) is 5.82 Å². The van der Waals surface area contributed by atoms with Gasteiger partial charge in [0.2, 0.25) is 5.91 Å². The van der Waals surface area contributed by atoms with E-state index in [1.54, 1.807) is 17.4 Å². The minimum atomic E-state index is -0.212.